The number of thiol groups is 1. The van der Waals surface area contributed by atoms with Crippen molar-refractivity contribution < 1.29 is 15.0 Å². The number of hydrogen-bond donors (Lipinski definition) is 4. The summed E-state index contributed by atoms with van der Waals surface area (Å²) >= 11 is 5.76. The normalized spacial score (nSPS) is 10.9. The first kappa shape index (κ1) is 18.1. The lowest BCUT2D eigenvalue weighted by atomic mass is 10.3. The quantitative estimate of drug-likeness (QED) is 0.511. The Morgan fingerprint density at radius 2 is 2.05 bits per heavy atom. The van der Waals surface area contributed by atoms with E-state index < -0.39 is 12.1 Å². The van der Waals surface area contributed by atoms with Gasteiger partial charge in [-0.1, -0.05) is 12.1 Å². The molecule has 1 atom stereocenters. The van der Waals surface area contributed by atoms with Crippen molar-refractivity contribution in [2.75, 3.05) is 0 Å². The number of thiazole rings is 1. The van der Waals surface area contributed by atoms with E-state index in [0.717, 1.165) is 16.8 Å². The molecule has 8 heteroatoms. The first-order valence-electron chi connectivity index (χ1n) is 6.31. The number of aromatic nitrogens is 3. The molecule has 0 fully saturated rings. The van der Waals surface area contributed by atoms with E-state index in [0.29, 0.717) is 5.82 Å². The minimum atomic E-state index is -0.833. The van der Waals surface area contributed by atoms with Crippen LogP contribution in [0.25, 0.3) is 10.2 Å². The first-order valence-corrected chi connectivity index (χ1v) is 7.58. The zero-order chi connectivity index (χ0) is 16.5. The molecule has 3 rings (SSSR count). The summed E-state index contributed by atoms with van der Waals surface area (Å²) in [4.78, 5) is 19.8. The van der Waals surface area contributed by atoms with Crippen molar-refractivity contribution in [1.82, 2.24) is 15.0 Å². The topological polar surface area (TPSA) is 99.1 Å². The maximum Gasteiger partial charge on any atom is 0.300 e. The van der Waals surface area contributed by atoms with Gasteiger partial charge in [0.15, 0.2) is 0 Å². The van der Waals surface area contributed by atoms with Crippen LogP contribution in [0.15, 0.2) is 41.0 Å². The highest BCUT2D eigenvalue weighted by Gasteiger charge is 1.99. The number of carboxylic acid groups (broad SMARTS) is 1. The second-order valence-electron chi connectivity index (χ2n) is 4.13. The Balaban J connectivity index is 0.000000182. The van der Waals surface area contributed by atoms with Crippen molar-refractivity contribution in [2.24, 2.45) is 0 Å². The third-order valence-corrected chi connectivity index (χ3v) is 3.41. The van der Waals surface area contributed by atoms with Gasteiger partial charge >= 0.3 is 0 Å². The number of H-pyrrole nitrogens is 1. The van der Waals surface area contributed by atoms with Gasteiger partial charge in [0.1, 0.15) is 16.3 Å². The molecule has 118 valence electrons. The van der Waals surface area contributed by atoms with Crippen molar-refractivity contribution in [1.29, 1.82) is 0 Å². The van der Waals surface area contributed by atoms with E-state index in [1.54, 1.807) is 30.7 Å². The number of para-hydroxylation sites is 1. The summed E-state index contributed by atoms with van der Waals surface area (Å²) in [5.41, 5.74) is 1.04. The van der Waals surface area contributed by atoms with Crippen LogP contribution in [0.4, 0.5) is 0 Å². The van der Waals surface area contributed by atoms with Crippen LogP contribution in [0.1, 0.15) is 25.8 Å². The third kappa shape index (κ3) is 6.70. The highest BCUT2D eigenvalue weighted by molar-refractivity contribution is 7.82. The van der Waals surface area contributed by atoms with E-state index in [-0.39, 0.29) is 0 Å². The number of fused-ring (bicyclic) bond motifs is 1. The van der Waals surface area contributed by atoms with E-state index >= 15 is 0 Å². The van der Waals surface area contributed by atoms with E-state index in [1.165, 1.54) is 4.70 Å². The van der Waals surface area contributed by atoms with E-state index in [9.17, 15) is 0 Å². The first-order chi connectivity index (χ1) is 10.4. The summed E-state index contributed by atoms with van der Waals surface area (Å²) in [6, 6.07) is 8.03. The second-order valence-corrected chi connectivity index (χ2v) is 5.89. The van der Waals surface area contributed by atoms with E-state index in [4.69, 9.17) is 15.0 Å². The maximum atomic E-state index is 9.00. The van der Waals surface area contributed by atoms with Gasteiger partial charge in [-0.3, -0.25) is 4.79 Å². The van der Waals surface area contributed by atoms with Crippen molar-refractivity contribution in [3.05, 3.63) is 42.5 Å². The number of aromatic amines is 1. The smallest absolute Gasteiger partial charge is 0.300 e. The summed E-state index contributed by atoms with van der Waals surface area (Å²) in [7, 11) is 0. The highest BCUT2D eigenvalue weighted by Crippen LogP contribution is 2.23. The van der Waals surface area contributed by atoms with E-state index in [2.05, 4.69) is 27.6 Å². The highest BCUT2D eigenvalue weighted by atomic mass is 32.2. The predicted molar refractivity (Wildman–Crippen MR) is 89.4 cm³/mol. The van der Waals surface area contributed by atoms with Crippen molar-refractivity contribution in [3.63, 3.8) is 0 Å². The lowest BCUT2D eigenvalue weighted by molar-refractivity contribution is -0.134. The SMILES string of the molecule is CC(=O)O.CC(O)c1ncc[nH]1.Sc1nc2ccccc2s1. The molecule has 1 aromatic carbocycles. The number of benzene rings is 1. The Morgan fingerprint density at radius 3 is 2.50 bits per heavy atom. The number of carboxylic acids is 1. The van der Waals surface area contributed by atoms with Gasteiger partial charge in [0.25, 0.3) is 5.97 Å². The molecule has 0 saturated carbocycles. The van der Waals surface area contributed by atoms with Gasteiger partial charge in [0.2, 0.25) is 0 Å². The molecule has 0 bridgehead atoms. The van der Waals surface area contributed by atoms with Gasteiger partial charge in [0.05, 0.1) is 10.2 Å². The summed E-state index contributed by atoms with van der Waals surface area (Å²) in [5, 5.41) is 16.2. The number of aliphatic hydroxyl groups excluding tert-OH is 1. The number of imidazole rings is 1. The zero-order valence-electron chi connectivity index (χ0n) is 12.1. The molecule has 3 aromatic rings. The van der Waals surface area contributed by atoms with Crippen molar-refractivity contribution in [3.8, 4) is 0 Å². The number of hydrogen-bond acceptors (Lipinski definition) is 6. The second kappa shape index (κ2) is 9.19. The monoisotopic (exact) mass is 339 g/mol. The maximum absolute atomic E-state index is 9.00. The standard InChI is InChI=1S/C7H5NS2.C5H8N2O.C2H4O2/c9-7-8-5-3-1-2-4-6(5)10-7;1-4(8)5-6-2-3-7-5;1-2(3)4/h1-4H,(H,8,9);2-4,8H,1H3,(H,6,7);1H3,(H,3,4). The average Bonchev–Trinajstić information content (AvgIpc) is 3.06. The van der Waals surface area contributed by atoms with Crippen LogP contribution in [0.2, 0.25) is 0 Å². The van der Waals surface area contributed by atoms with Crippen LogP contribution >= 0.6 is 24.0 Å². The minimum Gasteiger partial charge on any atom is -0.481 e. The fraction of sp³-hybridized carbons (Fsp3) is 0.214. The molecule has 0 aliphatic heterocycles. The van der Waals surface area contributed by atoms with Crippen molar-refractivity contribution >= 4 is 40.2 Å². The number of aliphatic hydroxyl groups is 1. The molecule has 0 spiro atoms. The van der Waals surface area contributed by atoms with Crippen LogP contribution in [0.5, 0.6) is 0 Å². The Hall–Kier alpha value is -1.90. The Labute approximate surface area is 137 Å². The molecular formula is C14H17N3O3S2. The molecule has 2 aromatic heterocycles. The van der Waals surface area contributed by atoms with Crippen LogP contribution in [-0.4, -0.2) is 31.1 Å². The Morgan fingerprint density at radius 1 is 1.41 bits per heavy atom. The molecule has 3 N–H and O–H groups in total. The van der Waals surface area contributed by atoms with Gasteiger partial charge in [-0.25, -0.2) is 9.97 Å². The number of nitrogens with one attached hydrogen (secondary N) is 1. The lowest BCUT2D eigenvalue weighted by Crippen LogP contribution is -1.91. The average molecular weight is 339 g/mol. The summed E-state index contributed by atoms with van der Waals surface area (Å²) in [6.45, 7) is 2.75. The molecular weight excluding hydrogens is 322 g/mol. The van der Waals surface area contributed by atoms with E-state index in [1.807, 2.05) is 24.3 Å². The van der Waals surface area contributed by atoms with Gasteiger partial charge in [-0.15, -0.1) is 24.0 Å². The molecule has 0 amide bonds. The Kier molecular flexibility index (Phi) is 7.58. The largest absolute Gasteiger partial charge is 0.481 e. The van der Waals surface area contributed by atoms with Crippen LogP contribution < -0.4 is 0 Å². The third-order valence-electron chi connectivity index (χ3n) is 2.20. The fourth-order valence-electron chi connectivity index (χ4n) is 1.37. The van der Waals surface area contributed by atoms with Gasteiger partial charge in [-0.05, 0) is 19.1 Å². The molecule has 6 nitrogen and oxygen atoms in total. The number of aliphatic carboxylic acids is 1. The van der Waals surface area contributed by atoms with Gasteiger partial charge in [-0.2, -0.15) is 0 Å². The van der Waals surface area contributed by atoms with Crippen molar-refractivity contribution in [2.45, 2.75) is 24.3 Å². The molecule has 22 heavy (non-hydrogen) atoms. The predicted octanol–water partition coefficient (Wildman–Crippen LogP) is 3.14. The van der Waals surface area contributed by atoms with Gasteiger partial charge in [0, 0.05) is 19.3 Å². The molecule has 2 heterocycles. The minimum absolute atomic E-state index is 0.481. The molecule has 0 aliphatic rings. The van der Waals surface area contributed by atoms with Gasteiger partial charge < -0.3 is 15.2 Å². The fourth-order valence-corrected chi connectivity index (χ4v) is 2.47. The number of rotatable bonds is 1. The molecule has 0 radical (unpaired) electrons. The number of carbonyl (C=O) groups is 1. The van der Waals surface area contributed by atoms with Crippen LogP contribution in [0, 0.1) is 0 Å². The lowest BCUT2D eigenvalue weighted by Gasteiger charge is -1.94. The summed E-state index contributed by atoms with van der Waals surface area (Å²) < 4.78 is 2.04. The molecule has 1 unspecified atom stereocenters. The molecule has 0 saturated heterocycles. The molecule has 0 aliphatic carbocycles. The zero-order valence-corrected chi connectivity index (χ0v) is 13.8. The van der Waals surface area contributed by atoms with Crippen LogP contribution in [0.3, 0.4) is 0 Å². The van der Waals surface area contributed by atoms with Crippen LogP contribution in [-0.2, 0) is 4.79 Å². The summed E-state index contributed by atoms with van der Waals surface area (Å²) in [5.74, 6) is -0.218. The number of nitrogens with zero attached hydrogens (tertiary/aromatic N) is 2. The summed E-state index contributed by atoms with van der Waals surface area (Å²) in [6.07, 6.45) is 2.81. The Bertz CT molecular complexity index is 659.